The van der Waals surface area contributed by atoms with Gasteiger partial charge in [0.15, 0.2) is 5.43 Å². The van der Waals surface area contributed by atoms with Gasteiger partial charge < -0.3 is 14.4 Å². The van der Waals surface area contributed by atoms with E-state index in [0.717, 1.165) is 11.1 Å². The molecule has 1 N–H and O–H groups in total. The molecule has 0 saturated heterocycles. The maximum Gasteiger partial charge on any atom is 0.291 e. The average molecular weight is 432 g/mol. The molecule has 1 aliphatic heterocycles. The van der Waals surface area contributed by atoms with Gasteiger partial charge in [-0.25, -0.2) is 0 Å². The quantitative estimate of drug-likeness (QED) is 0.483. The second kappa shape index (κ2) is 7.29. The molecule has 0 aliphatic carbocycles. The van der Waals surface area contributed by atoms with E-state index in [-0.39, 0.29) is 28.4 Å². The van der Waals surface area contributed by atoms with Gasteiger partial charge in [0.1, 0.15) is 11.3 Å². The third-order valence-corrected chi connectivity index (χ3v) is 5.85. The maximum atomic E-state index is 13.5. The highest BCUT2D eigenvalue weighted by Crippen LogP contribution is 2.39. The highest BCUT2D eigenvalue weighted by Gasteiger charge is 2.42. The van der Waals surface area contributed by atoms with Crippen molar-refractivity contribution in [1.82, 2.24) is 4.90 Å². The Hall–Kier alpha value is -3.57. The first-order valence-electron chi connectivity index (χ1n) is 9.84. The Bertz CT molecular complexity index is 1370. The number of rotatable bonds is 3. The second-order valence-corrected chi connectivity index (χ2v) is 8.16. The van der Waals surface area contributed by atoms with Crippen molar-refractivity contribution in [3.63, 3.8) is 0 Å². The monoisotopic (exact) mass is 431 g/mol. The molecule has 0 fully saturated rings. The third-order valence-electron chi connectivity index (χ3n) is 5.61. The largest absolute Gasteiger partial charge is 0.508 e. The van der Waals surface area contributed by atoms with Gasteiger partial charge in [0, 0.05) is 11.6 Å². The lowest BCUT2D eigenvalue weighted by atomic mass is 9.98. The van der Waals surface area contributed by atoms with Crippen molar-refractivity contribution in [3.8, 4) is 5.75 Å². The number of amides is 1. The fourth-order valence-corrected chi connectivity index (χ4v) is 4.22. The van der Waals surface area contributed by atoms with E-state index in [2.05, 4.69) is 0 Å². The minimum absolute atomic E-state index is 0.0463. The number of phenolic OH excluding ortho intramolecular Hbond substituents is 1. The molecule has 1 aromatic heterocycles. The van der Waals surface area contributed by atoms with Crippen LogP contribution < -0.4 is 5.43 Å². The lowest BCUT2D eigenvalue weighted by Gasteiger charge is -2.25. The molecule has 0 saturated carbocycles. The molecule has 1 aliphatic rings. The summed E-state index contributed by atoms with van der Waals surface area (Å²) in [5.41, 5.74) is 3.11. The number of hydrogen-bond donors (Lipinski definition) is 1. The zero-order chi connectivity index (χ0) is 21.7. The number of fused-ring (bicyclic) bond motifs is 2. The summed E-state index contributed by atoms with van der Waals surface area (Å²) in [4.78, 5) is 28.5. The average Bonchev–Trinajstić information content (AvgIpc) is 3.03. The summed E-state index contributed by atoms with van der Waals surface area (Å²) in [5.74, 6) is -0.191. The zero-order valence-electron chi connectivity index (χ0n) is 16.6. The second-order valence-electron chi connectivity index (χ2n) is 7.73. The van der Waals surface area contributed by atoms with Crippen molar-refractivity contribution >= 4 is 28.5 Å². The topological polar surface area (TPSA) is 70.8 Å². The van der Waals surface area contributed by atoms with Crippen molar-refractivity contribution < 1.29 is 14.3 Å². The normalized spacial score (nSPS) is 15.5. The Balaban J connectivity index is 1.72. The predicted octanol–water partition coefficient (Wildman–Crippen LogP) is 5.21. The van der Waals surface area contributed by atoms with Crippen LogP contribution in [0.15, 0.2) is 75.9 Å². The van der Waals surface area contributed by atoms with Crippen LogP contribution in [0.5, 0.6) is 5.75 Å². The zero-order valence-corrected chi connectivity index (χ0v) is 17.4. The number of halogens is 1. The number of benzene rings is 3. The fraction of sp³-hybridized carbons (Fsp3) is 0.120. The third kappa shape index (κ3) is 3.27. The Morgan fingerprint density at radius 2 is 1.71 bits per heavy atom. The van der Waals surface area contributed by atoms with Gasteiger partial charge in [-0.1, -0.05) is 53.6 Å². The molecule has 0 spiro atoms. The Morgan fingerprint density at radius 3 is 2.42 bits per heavy atom. The summed E-state index contributed by atoms with van der Waals surface area (Å²) >= 11 is 6.10. The smallest absolute Gasteiger partial charge is 0.291 e. The number of phenols is 1. The Kier molecular flexibility index (Phi) is 4.56. The first kappa shape index (κ1) is 19.4. The molecule has 4 aromatic rings. The van der Waals surface area contributed by atoms with Crippen molar-refractivity contribution in [1.29, 1.82) is 0 Å². The van der Waals surface area contributed by atoms with Gasteiger partial charge >= 0.3 is 0 Å². The lowest BCUT2D eigenvalue weighted by molar-refractivity contribution is 0.0714. The van der Waals surface area contributed by atoms with Crippen molar-refractivity contribution in [3.05, 3.63) is 110 Å². The van der Waals surface area contributed by atoms with E-state index in [9.17, 15) is 14.7 Å². The van der Waals surface area contributed by atoms with Crippen LogP contribution in [0.3, 0.4) is 0 Å². The standard InChI is InChI=1S/C25H18ClNO4/c1-14-2-4-15(5-3-14)13-27-22(16-6-9-18(28)10-7-16)21-23(29)19-12-17(26)8-11-20(19)31-24(21)25(27)30/h2-12,22,28H,13H2,1H3/t22-/m0/s1. The fourth-order valence-electron chi connectivity index (χ4n) is 4.05. The van der Waals surface area contributed by atoms with E-state index in [1.807, 2.05) is 31.2 Å². The molecule has 5 nitrogen and oxygen atoms in total. The molecular formula is C25H18ClNO4. The van der Waals surface area contributed by atoms with Crippen LogP contribution in [0.25, 0.3) is 11.0 Å². The van der Waals surface area contributed by atoms with Crippen LogP contribution in [0.1, 0.15) is 38.9 Å². The molecular weight excluding hydrogens is 414 g/mol. The number of hydrogen-bond acceptors (Lipinski definition) is 4. The molecule has 2 heterocycles. The SMILES string of the molecule is Cc1ccc(CN2C(=O)c3oc4ccc(Cl)cc4c(=O)c3[C@@H]2c2ccc(O)cc2)cc1. The summed E-state index contributed by atoms with van der Waals surface area (Å²) in [6.07, 6.45) is 0. The minimum atomic E-state index is -0.635. The molecule has 0 unspecified atom stereocenters. The van der Waals surface area contributed by atoms with Gasteiger partial charge in [-0.2, -0.15) is 0 Å². The Morgan fingerprint density at radius 1 is 1.00 bits per heavy atom. The lowest BCUT2D eigenvalue weighted by Crippen LogP contribution is -2.29. The van der Waals surface area contributed by atoms with E-state index >= 15 is 0 Å². The van der Waals surface area contributed by atoms with Gasteiger partial charge in [0.25, 0.3) is 5.91 Å². The molecule has 0 radical (unpaired) electrons. The van der Waals surface area contributed by atoms with E-state index in [4.69, 9.17) is 16.0 Å². The number of carbonyl (C=O) groups excluding carboxylic acids is 1. The van der Waals surface area contributed by atoms with Crippen LogP contribution in [-0.2, 0) is 6.54 Å². The number of nitrogens with zero attached hydrogens (tertiary/aromatic N) is 1. The molecule has 6 heteroatoms. The first-order chi connectivity index (χ1) is 14.9. The van der Waals surface area contributed by atoms with Gasteiger partial charge in [0.2, 0.25) is 5.76 Å². The minimum Gasteiger partial charge on any atom is -0.508 e. The van der Waals surface area contributed by atoms with Crippen LogP contribution in [0.2, 0.25) is 5.02 Å². The molecule has 0 bridgehead atoms. The molecule has 1 amide bonds. The van der Waals surface area contributed by atoms with E-state index in [0.29, 0.717) is 28.1 Å². The summed E-state index contributed by atoms with van der Waals surface area (Å²) in [5, 5.41) is 10.5. The summed E-state index contributed by atoms with van der Waals surface area (Å²) in [6.45, 7) is 2.31. The molecule has 3 aromatic carbocycles. The molecule has 5 rings (SSSR count). The van der Waals surface area contributed by atoms with E-state index in [1.54, 1.807) is 47.4 Å². The van der Waals surface area contributed by atoms with Crippen LogP contribution >= 0.6 is 11.6 Å². The van der Waals surface area contributed by atoms with Crippen LogP contribution in [0, 0.1) is 6.92 Å². The van der Waals surface area contributed by atoms with Crippen LogP contribution in [0.4, 0.5) is 0 Å². The van der Waals surface area contributed by atoms with Crippen molar-refractivity contribution in [2.75, 3.05) is 0 Å². The summed E-state index contributed by atoms with van der Waals surface area (Å²) in [7, 11) is 0. The molecule has 31 heavy (non-hydrogen) atoms. The Labute approximate surface area is 183 Å². The van der Waals surface area contributed by atoms with Gasteiger partial charge in [-0.15, -0.1) is 0 Å². The van der Waals surface area contributed by atoms with Gasteiger partial charge in [-0.3, -0.25) is 9.59 Å². The maximum absolute atomic E-state index is 13.5. The predicted molar refractivity (Wildman–Crippen MR) is 118 cm³/mol. The highest BCUT2D eigenvalue weighted by molar-refractivity contribution is 6.31. The van der Waals surface area contributed by atoms with Gasteiger partial charge in [-0.05, 0) is 48.4 Å². The summed E-state index contributed by atoms with van der Waals surface area (Å²) < 4.78 is 5.92. The van der Waals surface area contributed by atoms with Crippen molar-refractivity contribution in [2.24, 2.45) is 0 Å². The number of aryl methyl sites for hydroxylation is 1. The number of carbonyl (C=O) groups is 1. The van der Waals surface area contributed by atoms with Crippen LogP contribution in [-0.4, -0.2) is 15.9 Å². The summed E-state index contributed by atoms with van der Waals surface area (Å²) in [6, 6.07) is 18.6. The number of aromatic hydroxyl groups is 1. The van der Waals surface area contributed by atoms with E-state index in [1.165, 1.54) is 0 Å². The molecule has 1 atom stereocenters. The van der Waals surface area contributed by atoms with Crippen molar-refractivity contribution in [2.45, 2.75) is 19.5 Å². The highest BCUT2D eigenvalue weighted by atomic mass is 35.5. The van der Waals surface area contributed by atoms with Gasteiger partial charge in [0.05, 0.1) is 17.0 Å². The first-order valence-corrected chi connectivity index (χ1v) is 10.2. The molecule has 154 valence electrons. The van der Waals surface area contributed by atoms with E-state index < -0.39 is 6.04 Å².